The summed E-state index contributed by atoms with van der Waals surface area (Å²) < 4.78 is 0. The van der Waals surface area contributed by atoms with Gasteiger partial charge in [0.25, 0.3) is 0 Å². The van der Waals surface area contributed by atoms with Gasteiger partial charge in [-0.2, -0.15) is 0 Å². The first-order valence-corrected chi connectivity index (χ1v) is 6.77. The lowest BCUT2D eigenvalue weighted by molar-refractivity contribution is -0.124. The second kappa shape index (κ2) is 6.39. The predicted octanol–water partition coefficient (Wildman–Crippen LogP) is 3.15. The lowest BCUT2D eigenvalue weighted by Gasteiger charge is -2.30. The van der Waals surface area contributed by atoms with Crippen molar-refractivity contribution in [3.8, 4) is 0 Å². The highest BCUT2D eigenvalue weighted by atomic mass is 16.1. The molecule has 94 valence electrons. The second-order valence-electron chi connectivity index (χ2n) is 5.95. The van der Waals surface area contributed by atoms with Gasteiger partial charge in [0.1, 0.15) is 5.78 Å². The van der Waals surface area contributed by atoms with E-state index in [1.54, 1.807) is 0 Å². The third kappa shape index (κ3) is 4.65. The van der Waals surface area contributed by atoms with Crippen LogP contribution in [-0.4, -0.2) is 11.8 Å². The Morgan fingerprint density at radius 1 is 1.25 bits per heavy atom. The van der Waals surface area contributed by atoms with E-state index in [1.807, 2.05) is 6.92 Å². The van der Waals surface area contributed by atoms with Crippen molar-refractivity contribution >= 4 is 5.78 Å². The molecule has 0 aromatic carbocycles. The Bertz CT molecular complexity index is 215. The van der Waals surface area contributed by atoms with Crippen molar-refractivity contribution in [3.63, 3.8) is 0 Å². The summed E-state index contributed by atoms with van der Waals surface area (Å²) in [5.41, 5.74) is 5.69. The molecule has 1 rings (SSSR count). The van der Waals surface area contributed by atoms with E-state index in [4.69, 9.17) is 5.73 Å². The van der Waals surface area contributed by atoms with Crippen LogP contribution in [0.2, 0.25) is 0 Å². The maximum Gasteiger partial charge on any atom is 0.135 e. The molecule has 0 aliphatic heterocycles. The highest BCUT2D eigenvalue weighted by Crippen LogP contribution is 2.34. The molecule has 0 bridgehead atoms. The average molecular weight is 225 g/mol. The van der Waals surface area contributed by atoms with E-state index >= 15 is 0 Å². The standard InChI is InChI=1S/C14H27NO/c1-10-7-11(2)9-13(8-10)14(16)6-4-5-12(3)15/h10-13H,4-9,15H2,1-3H3. The van der Waals surface area contributed by atoms with Gasteiger partial charge in [0.2, 0.25) is 0 Å². The number of rotatable bonds is 5. The minimum atomic E-state index is 0.233. The number of hydrogen-bond donors (Lipinski definition) is 1. The van der Waals surface area contributed by atoms with Crippen molar-refractivity contribution in [2.24, 2.45) is 23.5 Å². The first-order valence-electron chi connectivity index (χ1n) is 6.77. The van der Waals surface area contributed by atoms with Gasteiger partial charge in [0.05, 0.1) is 0 Å². The first kappa shape index (κ1) is 13.7. The van der Waals surface area contributed by atoms with Crippen LogP contribution in [0.15, 0.2) is 0 Å². The highest BCUT2D eigenvalue weighted by molar-refractivity contribution is 5.81. The van der Waals surface area contributed by atoms with Crippen LogP contribution in [0.5, 0.6) is 0 Å². The van der Waals surface area contributed by atoms with Crippen molar-refractivity contribution < 1.29 is 4.79 Å². The fraction of sp³-hybridized carbons (Fsp3) is 0.929. The summed E-state index contributed by atoms with van der Waals surface area (Å²) >= 11 is 0. The quantitative estimate of drug-likeness (QED) is 0.781. The Hall–Kier alpha value is -0.370. The Morgan fingerprint density at radius 2 is 1.81 bits per heavy atom. The second-order valence-corrected chi connectivity index (χ2v) is 5.95. The van der Waals surface area contributed by atoms with Crippen LogP contribution < -0.4 is 5.73 Å². The summed E-state index contributed by atoms with van der Waals surface area (Å²) in [6.07, 6.45) is 6.21. The zero-order valence-electron chi connectivity index (χ0n) is 11.0. The summed E-state index contributed by atoms with van der Waals surface area (Å²) in [5, 5.41) is 0. The topological polar surface area (TPSA) is 43.1 Å². The summed E-state index contributed by atoms with van der Waals surface area (Å²) in [5.74, 6) is 2.28. The normalized spacial score (nSPS) is 32.4. The number of carbonyl (C=O) groups is 1. The molecule has 0 saturated heterocycles. The van der Waals surface area contributed by atoms with Crippen LogP contribution in [0, 0.1) is 17.8 Å². The maximum atomic E-state index is 12.0. The summed E-state index contributed by atoms with van der Waals surface area (Å²) in [6.45, 7) is 6.56. The van der Waals surface area contributed by atoms with Gasteiger partial charge in [-0.25, -0.2) is 0 Å². The molecule has 2 nitrogen and oxygen atoms in total. The number of carbonyl (C=O) groups excluding carboxylic acids is 1. The monoisotopic (exact) mass is 225 g/mol. The van der Waals surface area contributed by atoms with Crippen molar-refractivity contribution in [1.29, 1.82) is 0 Å². The van der Waals surface area contributed by atoms with Gasteiger partial charge >= 0.3 is 0 Å². The third-order valence-electron chi connectivity index (χ3n) is 3.72. The average Bonchev–Trinajstić information content (AvgIpc) is 2.15. The highest BCUT2D eigenvalue weighted by Gasteiger charge is 2.28. The SMILES string of the molecule is CC(N)CCCC(=O)C1CC(C)CC(C)C1. The van der Waals surface area contributed by atoms with E-state index in [9.17, 15) is 4.79 Å². The van der Waals surface area contributed by atoms with Crippen molar-refractivity contribution in [3.05, 3.63) is 0 Å². The molecule has 1 aliphatic rings. The molecule has 0 radical (unpaired) electrons. The Balaban J connectivity index is 2.30. The zero-order valence-corrected chi connectivity index (χ0v) is 11.0. The summed E-state index contributed by atoms with van der Waals surface area (Å²) in [4.78, 5) is 12.0. The van der Waals surface area contributed by atoms with E-state index in [0.717, 1.165) is 43.9 Å². The van der Waals surface area contributed by atoms with Crippen molar-refractivity contribution in [2.45, 2.75) is 65.3 Å². The summed E-state index contributed by atoms with van der Waals surface area (Å²) in [7, 11) is 0. The van der Waals surface area contributed by atoms with Crippen molar-refractivity contribution in [1.82, 2.24) is 0 Å². The number of nitrogens with two attached hydrogens (primary N) is 1. The van der Waals surface area contributed by atoms with Gasteiger partial charge in [-0.15, -0.1) is 0 Å². The van der Waals surface area contributed by atoms with Crippen LogP contribution in [0.25, 0.3) is 0 Å². The van der Waals surface area contributed by atoms with E-state index in [-0.39, 0.29) is 6.04 Å². The Morgan fingerprint density at radius 3 is 2.31 bits per heavy atom. The lowest BCUT2D eigenvalue weighted by atomic mass is 9.74. The molecule has 0 aromatic heterocycles. The third-order valence-corrected chi connectivity index (χ3v) is 3.72. The van der Waals surface area contributed by atoms with E-state index in [2.05, 4.69) is 13.8 Å². The van der Waals surface area contributed by atoms with Gasteiger partial charge in [0, 0.05) is 18.4 Å². The van der Waals surface area contributed by atoms with Gasteiger partial charge < -0.3 is 5.73 Å². The van der Waals surface area contributed by atoms with Crippen LogP contribution in [0.4, 0.5) is 0 Å². The fourth-order valence-electron chi connectivity index (χ4n) is 3.01. The van der Waals surface area contributed by atoms with Crippen LogP contribution in [-0.2, 0) is 4.79 Å². The molecule has 3 atom stereocenters. The van der Waals surface area contributed by atoms with Gasteiger partial charge in [-0.1, -0.05) is 13.8 Å². The molecule has 2 N–H and O–H groups in total. The minimum Gasteiger partial charge on any atom is -0.328 e. The van der Waals surface area contributed by atoms with Crippen LogP contribution >= 0.6 is 0 Å². The van der Waals surface area contributed by atoms with Crippen molar-refractivity contribution in [2.75, 3.05) is 0 Å². The van der Waals surface area contributed by atoms with Gasteiger partial charge in [0.15, 0.2) is 0 Å². The van der Waals surface area contributed by atoms with Gasteiger partial charge in [-0.05, 0) is 50.9 Å². The molecule has 0 spiro atoms. The first-order chi connectivity index (χ1) is 7.49. The minimum absolute atomic E-state index is 0.233. The Labute approximate surface area is 100.0 Å². The van der Waals surface area contributed by atoms with Gasteiger partial charge in [-0.3, -0.25) is 4.79 Å². The fourth-order valence-corrected chi connectivity index (χ4v) is 3.01. The number of ketones is 1. The molecule has 1 aliphatic carbocycles. The lowest BCUT2D eigenvalue weighted by Crippen LogP contribution is -2.26. The molecule has 0 aromatic rings. The van der Waals surface area contributed by atoms with Crippen LogP contribution in [0.3, 0.4) is 0 Å². The number of hydrogen-bond acceptors (Lipinski definition) is 2. The molecular weight excluding hydrogens is 198 g/mol. The molecular formula is C14H27NO. The van der Waals surface area contributed by atoms with Crippen LogP contribution in [0.1, 0.15) is 59.3 Å². The zero-order chi connectivity index (χ0) is 12.1. The molecule has 1 fully saturated rings. The largest absolute Gasteiger partial charge is 0.328 e. The maximum absolute atomic E-state index is 12.0. The molecule has 3 unspecified atom stereocenters. The van der Waals surface area contributed by atoms with E-state index in [1.165, 1.54) is 6.42 Å². The van der Waals surface area contributed by atoms with E-state index in [0.29, 0.717) is 11.7 Å². The summed E-state index contributed by atoms with van der Waals surface area (Å²) in [6, 6.07) is 0.233. The van der Waals surface area contributed by atoms with E-state index < -0.39 is 0 Å². The Kier molecular flexibility index (Phi) is 5.47. The predicted molar refractivity (Wildman–Crippen MR) is 68.2 cm³/mol. The smallest absolute Gasteiger partial charge is 0.135 e. The molecule has 1 saturated carbocycles. The number of Topliss-reactive ketones (excluding diaryl/α,β-unsaturated/α-hetero) is 1. The molecule has 0 amide bonds. The molecule has 16 heavy (non-hydrogen) atoms. The molecule has 2 heteroatoms. The molecule has 0 heterocycles.